The van der Waals surface area contributed by atoms with Crippen molar-refractivity contribution in [3.05, 3.63) is 95.3 Å². The minimum Gasteiger partial charge on any atom is -0.354 e. The fraction of sp³-hybridized carbons (Fsp3) is 0.286. The average Bonchev–Trinajstić information content (AvgIpc) is 2.91. The summed E-state index contributed by atoms with van der Waals surface area (Å²) in [5.41, 5.74) is 0.384. The van der Waals surface area contributed by atoms with Crippen molar-refractivity contribution >= 4 is 39.1 Å². The first-order chi connectivity index (χ1) is 18.1. The van der Waals surface area contributed by atoms with Crippen molar-refractivity contribution in [3.8, 4) is 0 Å². The summed E-state index contributed by atoms with van der Waals surface area (Å²) < 4.78 is 42.9. The van der Waals surface area contributed by atoms with Gasteiger partial charge >= 0.3 is 0 Å². The molecule has 0 heterocycles. The zero-order valence-electron chi connectivity index (χ0n) is 21.3. The van der Waals surface area contributed by atoms with E-state index in [2.05, 4.69) is 5.32 Å². The van der Waals surface area contributed by atoms with E-state index in [1.807, 2.05) is 6.92 Å². The molecule has 0 aromatic heterocycles. The lowest BCUT2D eigenvalue weighted by atomic mass is 10.1. The van der Waals surface area contributed by atoms with Crippen LogP contribution in [0.1, 0.15) is 32.3 Å². The third kappa shape index (κ3) is 7.33. The predicted molar refractivity (Wildman–Crippen MR) is 147 cm³/mol. The van der Waals surface area contributed by atoms with Crippen molar-refractivity contribution in [2.24, 2.45) is 0 Å². The van der Waals surface area contributed by atoms with Gasteiger partial charge in [0.25, 0.3) is 10.0 Å². The molecule has 0 bridgehead atoms. The highest BCUT2D eigenvalue weighted by atomic mass is 35.5. The molecule has 0 aliphatic carbocycles. The van der Waals surface area contributed by atoms with Crippen LogP contribution in [0.3, 0.4) is 0 Å². The molecule has 0 radical (unpaired) electrons. The number of hydrogen-bond acceptors (Lipinski definition) is 4. The summed E-state index contributed by atoms with van der Waals surface area (Å²) >= 11 is 6.13. The lowest BCUT2D eigenvalue weighted by Crippen LogP contribution is -2.51. The maximum atomic E-state index is 14.9. The fourth-order valence-electron chi connectivity index (χ4n) is 3.84. The van der Waals surface area contributed by atoms with E-state index in [-0.39, 0.29) is 23.0 Å². The van der Waals surface area contributed by atoms with E-state index in [9.17, 15) is 22.4 Å². The highest BCUT2D eigenvalue weighted by Gasteiger charge is 2.33. The van der Waals surface area contributed by atoms with Crippen LogP contribution in [-0.2, 0) is 26.2 Å². The molecule has 0 fully saturated rings. The van der Waals surface area contributed by atoms with Crippen molar-refractivity contribution in [3.63, 3.8) is 0 Å². The standard InChI is InChI=1S/C28H31ClFN3O4S/c1-3-4-17-31-28(35)21(2)32(19-22-11-10-12-23(29)18-22)27(34)20-33(26-16-9-8-15-25(26)30)38(36,37)24-13-6-5-7-14-24/h5-16,18,21H,3-4,17,19-20H2,1-2H3,(H,31,35). The molecule has 0 aliphatic heterocycles. The van der Waals surface area contributed by atoms with Crippen molar-refractivity contribution in [1.29, 1.82) is 0 Å². The topological polar surface area (TPSA) is 86.8 Å². The summed E-state index contributed by atoms with van der Waals surface area (Å²) in [5, 5.41) is 3.27. The van der Waals surface area contributed by atoms with E-state index < -0.39 is 34.3 Å². The van der Waals surface area contributed by atoms with E-state index in [1.54, 1.807) is 49.4 Å². The molecular weight excluding hydrogens is 529 g/mol. The molecule has 3 aromatic rings. The monoisotopic (exact) mass is 559 g/mol. The number of para-hydroxylation sites is 1. The number of halogens is 2. The maximum absolute atomic E-state index is 14.9. The molecule has 38 heavy (non-hydrogen) atoms. The van der Waals surface area contributed by atoms with Crippen LogP contribution in [-0.4, -0.2) is 44.3 Å². The van der Waals surface area contributed by atoms with Crippen LogP contribution in [0.15, 0.2) is 83.8 Å². The third-order valence-electron chi connectivity index (χ3n) is 5.97. The normalized spacial score (nSPS) is 12.0. The Hall–Kier alpha value is -3.43. The van der Waals surface area contributed by atoms with Crippen LogP contribution in [0.25, 0.3) is 0 Å². The first-order valence-corrected chi connectivity index (χ1v) is 14.1. The maximum Gasteiger partial charge on any atom is 0.264 e. The van der Waals surface area contributed by atoms with Crippen molar-refractivity contribution in [2.75, 3.05) is 17.4 Å². The second kappa shape index (κ2) is 13.4. The number of unbranched alkanes of at least 4 members (excludes halogenated alkanes) is 1. The van der Waals surface area contributed by atoms with Crippen molar-refractivity contribution in [1.82, 2.24) is 10.2 Å². The molecule has 1 atom stereocenters. The van der Waals surface area contributed by atoms with Crippen LogP contribution < -0.4 is 9.62 Å². The fourth-order valence-corrected chi connectivity index (χ4v) is 5.49. The predicted octanol–water partition coefficient (Wildman–Crippen LogP) is 5.01. The highest BCUT2D eigenvalue weighted by molar-refractivity contribution is 7.92. The zero-order chi connectivity index (χ0) is 27.7. The van der Waals surface area contributed by atoms with Gasteiger partial charge in [0.1, 0.15) is 18.4 Å². The second-order valence-corrected chi connectivity index (χ2v) is 11.0. The Morgan fingerprint density at radius 3 is 2.34 bits per heavy atom. The number of carbonyl (C=O) groups excluding carboxylic acids is 2. The van der Waals surface area contributed by atoms with Gasteiger partial charge < -0.3 is 10.2 Å². The van der Waals surface area contributed by atoms with Crippen LogP contribution in [0.4, 0.5) is 10.1 Å². The lowest BCUT2D eigenvalue weighted by molar-refractivity contribution is -0.139. The van der Waals surface area contributed by atoms with E-state index in [0.717, 1.165) is 23.2 Å². The molecule has 0 spiro atoms. The number of nitrogens with zero attached hydrogens (tertiary/aromatic N) is 2. The Morgan fingerprint density at radius 2 is 1.68 bits per heavy atom. The first-order valence-electron chi connectivity index (χ1n) is 12.3. The van der Waals surface area contributed by atoms with Crippen LogP contribution >= 0.6 is 11.6 Å². The van der Waals surface area contributed by atoms with E-state index in [4.69, 9.17) is 11.6 Å². The summed E-state index contributed by atoms with van der Waals surface area (Å²) in [4.78, 5) is 27.9. The SMILES string of the molecule is CCCCNC(=O)C(C)N(Cc1cccc(Cl)c1)C(=O)CN(c1ccccc1F)S(=O)(=O)c1ccccc1. The second-order valence-electron chi connectivity index (χ2n) is 8.75. The average molecular weight is 560 g/mol. The van der Waals surface area contributed by atoms with Gasteiger partial charge in [-0.2, -0.15) is 0 Å². The van der Waals surface area contributed by atoms with Gasteiger partial charge in [0, 0.05) is 18.1 Å². The molecular formula is C28H31ClFN3O4S. The van der Waals surface area contributed by atoms with Gasteiger partial charge in [-0.15, -0.1) is 0 Å². The summed E-state index contributed by atoms with van der Waals surface area (Å²) in [7, 11) is -4.32. The molecule has 1 N–H and O–H groups in total. The molecule has 2 amide bonds. The largest absolute Gasteiger partial charge is 0.354 e. The van der Waals surface area contributed by atoms with Gasteiger partial charge in [-0.05, 0) is 55.3 Å². The Bertz CT molecular complexity index is 1350. The summed E-state index contributed by atoms with van der Waals surface area (Å²) in [6.07, 6.45) is 1.66. The Balaban J connectivity index is 2.00. The molecule has 202 valence electrons. The molecule has 3 aromatic carbocycles. The molecule has 0 saturated heterocycles. The molecule has 3 rings (SSSR count). The van der Waals surface area contributed by atoms with Crippen molar-refractivity contribution < 1.29 is 22.4 Å². The number of carbonyl (C=O) groups is 2. The highest BCUT2D eigenvalue weighted by Crippen LogP contribution is 2.27. The third-order valence-corrected chi connectivity index (χ3v) is 7.98. The van der Waals surface area contributed by atoms with Gasteiger partial charge in [-0.3, -0.25) is 13.9 Å². The molecule has 0 aliphatic rings. The summed E-state index contributed by atoms with van der Waals surface area (Å²) in [5.74, 6) is -1.85. The molecule has 7 nitrogen and oxygen atoms in total. The van der Waals surface area contributed by atoms with Gasteiger partial charge in [0.15, 0.2) is 0 Å². The Kier molecular flexibility index (Phi) is 10.3. The summed E-state index contributed by atoms with van der Waals surface area (Å²) in [6, 6.07) is 18.7. The van der Waals surface area contributed by atoms with Gasteiger partial charge in [-0.1, -0.05) is 67.4 Å². The zero-order valence-corrected chi connectivity index (χ0v) is 22.9. The van der Waals surface area contributed by atoms with Gasteiger partial charge in [-0.25, -0.2) is 12.8 Å². The first kappa shape index (κ1) is 29.1. The van der Waals surface area contributed by atoms with Crippen molar-refractivity contribution in [2.45, 2.75) is 44.2 Å². The molecule has 1 unspecified atom stereocenters. The number of sulfonamides is 1. The van der Waals surface area contributed by atoms with E-state index in [0.29, 0.717) is 17.1 Å². The number of nitrogens with one attached hydrogen (secondary N) is 1. The molecule has 10 heteroatoms. The smallest absolute Gasteiger partial charge is 0.264 e. The van der Waals surface area contributed by atoms with Gasteiger partial charge in [0.2, 0.25) is 11.8 Å². The Morgan fingerprint density at radius 1 is 1.00 bits per heavy atom. The number of hydrogen-bond donors (Lipinski definition) is 1. The minimum atomic E-state index is -4.32. The lowest BCUT2D eigenvalue weighted by Gasteiger charge is -2.32. The number of amides is 2. The Labute approximate surface area is 228 Å². The van der Waals surface area contributed by atoms with Crippen LogP contribution in [0.2, 0.25) is 5.02 Å². The van der Waals surface area contributed by atoms with Crippen LogP contribution in [0, 0.1) is 5.82 Å². The van der Waals surface area contributed by atoms with E-state index in [1.165, 1.54) is 35.2 Å². The quantitative estimate of drug-likeness (QED) is 0.316. The summed E-state index contributed by atoms with van der Waals surface area (Å²) in [6.45, 7) is 3.30. The minimum absolute atomic E-state index is 0.00173. The number of benzene rings is 3. The molecule has 0 saturated carbocycles. The van der Waals surface area contributed by atoms with Gasteiger partial charge in [0.05, 0.1) is 10.6 Å². The van der Waals surface area contributed by atoms with E-state index >= 15 is 0 Å². The number of rotatable bonds is 12. The number of anilines is 1. The van der Waals surface area contributed by atoms with Crippen LogP contribution in [0.5, 0.6) is 0 Å².